The van der Waals surface area contributed by atoms with Crippen molar-refractivity contribution in [3.8, 4) is 0 Å². The van der Waals surface area contributed by atoms with Gasteiger partial charge >= 0.3 is 0 Å². The molecule has 1 atom stereocenters. The van der Waals surface area contributed by atoms with Crippen LogP contribution in [0.2, 0.25) is 0 Å². The number of aromatic nitrogens is 1. The Kier molecular flexibility index (Phi) is 2.59. The molecule has 3 nitrogen and oxygen atoms in total. The number of rotatable bonds is 2. The van der Waals surface area contributed by atoms with E-state index in [2.05, 4.69) is 24.1 Å². The van der Waals surface area contributed by atoms with E-state index in [0.717, 1.165) is 36.9 Å². The molecule has 1 aromatic heterocycles. The number of hydrogen-bond acceptors (Lipinski definition) is 3. The van der Waals surface area contributed by atoms with Crippen molar-refractivity contribution in [3.05, 3.63) is 17.3 Å². The summed E-state index contributed by atoms with van der Waals surface area (Å²) < 4.78 is 5.81. The first-order valence-electron chi connectivity index (χ1n) is 5.36. The zero-order chi connectivity index (χ0) is 10.1. The predicted octanol–water partition coefficient (Wildman–Crippen LogP) is 2.18. The molecule has 1 saturated heterocycles. The van der Waals surface area contributed by atoms with E-state index in [4.69, 9.17) is 4.42 Å². The van der Waals surface area contributed by atoms with Gasteiger partial charge in [0.1, 0.15) is 5.76 Å². The Labute approximate surface area is 84.9 Å². The summed E-state index contributed by atoms with van der Waals surface area (Å²) in [5.41, 5.74) is 1.06. The van der Waals surface area contributed by atoms with Gasteiger partial charge in [0.25, 0.3) is 0 Å². The molecule has 0 aliphatic carbocycles. The molecule has 78 valence electrons. The van der Waals surface area contributed by atoms with Gasteiger partial charge < -0.3 is 9.73 Å². The second kappa shape index (κ2) is 3.73. The first-order chi connectivity index (χ1) is 6.68. The molecule has 14 heavy (non-hydrogen) atoms. The molecule has 0 spiro atoms. The van der Waals surface area contributed by atoms with Crippen LogP contribution in [-0.2, 0) is 0 Å². The van der Waals surface area contributed by atoms with E-state index in [9.17, 15) is 0 Å². The third-order valence-corrected chi connectivity index (χ3v) is 2.78. The summed E-state index contributed by atoms with van der Waals surface area (Å²) in [4.78, 5) is 4.51. The summed E-state index contributed by atoms with van der Waals surface area (Å²) in [5, 5.41) is 3.33. The predicted molar refractivity (Wildman–Crippen MR) is 55.6 cm³/mol. The Hall–Kier alpha value is -0.830. The van der Waals surface area contributed by atoms with Crippen LogP contribution in [0.5, 0.6) is 0 Å². The highest BCUT2D eigenvalue weighted by molar-refractivity contribution is 5.14. The van der Waals surface area contributed by atoms with Gasteiger partial charge in [-0.3, -0.25) is 0 Å². The second-order valence-electron chi connectivity index (χ2n) is 4.35. The highest BCUT2D eigenvalue weighted by Gasteiger charge is 2.23. The monoisotopic (exact) mass is 194 g/mol. The van der Waals surface area contributed by atoms with E-state index in [1.165, 1.54) is 0 Å². The lowest BCUT2D eigenvalue weighted by atomic mass is 10.1. The van der Waals surface area contributed by atoms with Gasteiger partial charge in [0, 0.05) is 18.4 Å². The maximum atomic E-state index is 5.81. The maximum absolute atomic E-state index is 5.81. The molecule has 2 heterocycles. The molecule has 0 saturated carbocycles. The molecule has 0 radical (unpaired) electrons. The highest BCUT2D eigenvalue weighted by Crippen LogP contribution is 2.27. The van der Waals surface area contributed by atoms with Crippen LogP contribution < -0.4 is 5.32 Å². The summed E-state index contributed by atoms with van der Waals surface area (Å²) in [5.74, 6) is 2.90. The fourth-order valence-electron chi connectivity index (χ4n) is 2.01. The standard InChI is InChI=1S/C11H18N2O/c1-7(2)10-8(3)13-11(14-10)9-4-5-12-6-9/h7,9,12H,4-6H2,1-3H3. The summed E-state index contributed by atoms with van der Waals surface area (Å²) in [6, 6.07) is 0. The van der Waals surface area contributed by atoms with Crippen molar-refractivity contribution in [2.45, 2.75) is 39.0 Å². The Morgan fingerprint density at radius 2 is 2.29 bits per heavy atom. The van der Waals surface area contributed by atoms with Crippen molar-refractivity contribution in [2.75, 3.05) is 13.1 Å². The van der Waals surface area contributed by atoms with Crippen LogP contribution in [-0.4, -0.2) is 18.1 Å². The van der Waals surface area contributed by atoms with Crippen molar-refractivity contribution in [1.82, 2.24) is 10.3 Å². The Bertz CT molecular complexity index is 311. The minimum atomic E-state index is 0.436. The number of hydrogen-bond donors (Lipinski definition) is 1. The molecule has 1 fully saturated rings. The molecule has 0 aromatic carbocycles. The average Bonchev–Trinajstić information content (AvgIpc) is 2.70. The maximum Gasteiger partial charge on any atom is 0.199 e. The fourth-order valence-corrected chi connectivity index (χ4v) is 2.01. The van der Waals surface area contributed by atoms with Gasteiger partial charge in [0.2, 0.25) is 0 Å². The zero-order valence-electron chi connectivity index (χ0n) is 9.13. The van der Waals surface area contributed by atoms with E-state index in [1.807, 2.05) is 6.92 Å². The number of nitrogens with one attached hydrogen (secondary N) is 1. The smallest absolute Gasteiger partial charge is 0.199 e. The normalized spacial score (nSPS) is 22.1. The van der Waals surface area contributed by atoms with E-state index in [1.54, 1.807) is 0 Å². The van der Waals surface area contributed by atoms with Crippen LogP contribution in [0.25, 0.3) is 0 Å². The van der Waals surface area contributed by atoms with Gasteiger partial charge in [-0.1, -0.05) is 13.8 Å². The van der Waals surface area contributed by atoms with Gasteiger partial charge in [0.05, 0.1) is 5.69 Å². The van der Waals surface area contributed by atoms with Crippen molar-refractivity contribution in [3.63, 3.8) is 0 Å². The van der Waals surface area contributed by atoms with Gasteiger partial charge in [-0.2, -0.15) is 0 Å². The highest BCUT2D eigenvalue weighted by atomic mass is 16.4. The second-order valence-corrected chi connectivity index (χ2v) is 4.35. The topological polar surface area (TPSA) is 38.1 Å². The Morgan fingerprint density at radius 1 is 1.50 bits per heavy atom. The molecular formula is C11H18N2O. The summed E-state index contributed by atoms with van der Waals surface area (Å²) >= 11 is 0. The molecule has 3 heteroatoms. The summed E-state index contributed by atoms with van der Waals surface area (Å²) in [7, 11) is 0. The molecular weight excluding hydrogens is 176 g/mol. The minimum Gasteiger partial charge on any atom is -0.445 e. The number of oxazole rings is 1. The molecule has 1 aliphatic rings. The van der Waals surface area contributed by atoms with Gasteiger partial charge in [-0.25, -0.2) is 4.98 Å². The average molecular weight is 194 g/mol. The largest absolute Gasteiger partial charge is 0.445 e. The summed E-state index contributed by atoms with van der Waals surface area (Å²) in [6.07, 6.45) is 1.15. The van der Waals surface area contributed by atoms with E-state index >= 15 is 0 Å². The van der Waals surface area contributed by atoms with Crippen molar-refractivity contribution >= 4 is 0 Å². The Balaban J connectivity index is 2.22. The van der Waals surface area contributed by atoms with Crippen LogP contribution in [0, 0.1) is 6.92 Å². The van der Waals surface area contributed by atoms with Crippen LogP contribution in [0.3, 0.4) is 0 Å². The number of aryl methyl sites for hydroxylation is 1. The van der Waals surface area contributed by atoms with Crippen LogP contribution in [0.1, 0.15) is 49.4 Å². The molecule has 0 bridgehead atoms. The third kappa shape index (κ3) is 1.69. The van der Waals surface area contributed by atoms with Crippen molar-refractivity contribution < 1.29 is 4.42 Å². The molecule has 1 N–H and O–H groups in total. The van der Waals surface area contributed by atoms with E-state index in [-0.39, 0.29) is 0 Å². The van der Waals surface area contributed by atoms with Crippen LogP contribution in [0.4, 0.5) is 0 Å². The fraction of sp³-hybridized carbons (Fsp3) is 0.727. The lowest BCUT2D eigenvalue weighted by Crippen LogP contribution is -2.08. The van der Waals surface area contributed by atoms with Gasteiger partial charge in [0.15, 0.2) is 5.89 Å². The Morgan fingerprint density at radius 3 is 2.79 bits per heavy atom. The quantitative estimate of drug-likeness (QED) is 0.784. The molecule has 1 unspecified atom stereocenters. The van der Waals surface area contributed by atoms with E-state index < -0.39 is 0 Å². The molecule has 0 amide bonds. The third-order valence-electron chi connectivity index (χ3n) is 2.78. The SMILES string of the molecule is Cc1nc(C2CCNC2)oc1C(C)C. The summed E-state index contributed by atoms with van der Waals surface area (Å²) in [6.45, 7) is 8.42. The molecule has 1 aliphatic heterocycles. The molecule has 1 aromatic rings. The first kappa shape index (κ1) is 9.71. The van der Waals surface area contributed by atoms with Crippen molar-refractivity contribution in [1.29, 1.82) is 0 Å². The van der Waals surface area contributed by atoms with Crippen LogP contribution in [0.15, 0.2) is 4.42 Å². The van der Waals surface area contributed by atoms with E-state index in [0.29, 0.717) is 11.8 Å². The first-order valence-corrected chi connectivity index (χ1v) is 5.36. The lowest BCUT2D eigenvalue weighted by molar-refractivity contribution is 0.413. The minimum absolute atomic E-state index is 0.436. The van der Waals surface area contributed by atoms with Gasteiger partial charge in [-0.15, -0.1) is 0 Å². The number of nitrogens with zero attached hydrogens (tertiary/aromatic N) is 1. The van der Waals surface area contributed by atoms with Crippen molar-refractivity contribution in [2.24, 2.45) is 0 Å². The zero-order valence-corrected chi connectivity index (χ0v) is 9.13. The molecule has 2 rings (SSSR count). The van der Waals surface area contributed by atoms with Crippen LogP contribution >= 0.6 is 0 Å². The lowest BCUT2D eigenvalue weighted by Gasteiger charge is -2.02. The van der Waals surface area contributed by atoms with Gasteiger partial charge in [-0.05, 0) is 19.9 Å².